The highest BCUT2D eigenvalue weighted by atomic mass is 16.7. The SMILES string of the molecule is OC1=CC2OC(c3ccc(O)c(O)c3)=C(OC3OCC(O)C(O)C3O)C=C2C(O)=C1. The summed E-state index contributed by atoms with van der Waals surface area (Å²) in [4.78, 5) is 0. The molecule has 160 valence electrons. The Morgan fingerprint density at radius 1 is 0.933 bits per heavy atom. The van der Waals surface area contributed by atoms with Crippen LogP contribution in [0.1, 0.15) is 5.56 Å². The zero-order valence-corrected chi connectivity index (χ0v) is 15.4. The predicted molar refractivity (Wildman–Crippen MR) is 99.9 cm³/mol. The number of aliphatic hydroxyl groups excluding tert-OH is 5. The number of hydrogen-bond donors (Lipinski definition) is 7. The second kappa shape index (κ2) is 7.58. The monoisotopic (exact) mass is 420 g/mol. The predicted octanol–water partition coefficient (Wildman–Crippen LogP) is 0.445. The van der Waals surface area contributed by atoms with E-state index >= 15 is 0 Å². The Hall–Kier alpha value is -3.18. The number of phenolic OH excluding ortho intramolecular Hbond substituents is 2. The minimum absolute atomic E-state index is 0.0197. The second-order valence-electron chi connectivity index (χ2n) is 7.02. The number of aliphatic hydroxyl groups is 5. The summed E-state index contributed by atoms with van der Waals surface area (Å²) >= 11 is 0. The minimum Gasteiger partial charge on any atom is -0.508 e. The third-order valence-electron chi connectivity index (χ3n) is 4.90. The van der Waals surface area contributed by atoms with E-state index in [2.05, 4.69) is 0 Å². The molecule has 1 aliphatic carbocycles. The molecular formula is C20H20O10. The third kappa shape index (κ3) is 3.57. The Balaban J connectivity index is 1.75. The number of benzene rings is 1. The largest absolute Gasteiger partial charge is 0.508 e. The average molecular weight is 420 g/mol. The van der Waals surface area contributed by atoms with Crippen LogP contribution in [-0.4, -0.2) is 73.1 Å². The van der Waals surface area contributed by atoms with Crippen molar-refractivity contribution in [1.29, 1.82) is 0 Å². The molecule has 0 amide bonds. The van der Waals surface area contributed by atoms with Crippen molar-refractivity contribution in [1.82, 2.24) is 0 Å². The molecule has 5 unspecified atom stereocenters. The molecule has 1 fully saturated rings. The van der Waals surface area contributed by atoms with E-state index in [0.29, 0.717) is 0 Å². The molecule has 1 aromatic carbocycles. The lowest BCUT2D eigenvalue weighted by Crippen LogP contribution is -2.53. The first-order valence-corrected chi connectivity index (χ1v) is 9.03. The molecule has 5 atom stereocenters. The zero-order valence-electron chi connectivity index (χ0n) is 15.4. The highest BCUT2D eigenvalue weighted by Gasteiger charge is 2.40. The Bertz CT molecular complexity index is 976. The molecule has 10 heteroatoms. The van der Waals surface area contributed by atoms with Crippen LogP contribution >= 0.6 is 0 Å². The van der Waals surface area contributed by atoms with Gasteiger partial charge in [0.1, 0.15) is 35.9 Å². The topological polar surface area (TPSA) is 169 Å². The first-order valence-electron chi connectivity index (χ1n) is 9.03. The molecule has 4 rings (SSSR count). The first-order chi connectivity index (χ1) is 14.2. The van der Waals surface area contributed by atoms with Crippen molar-refractivity contribution in [3.8, 4) is 11.5 Å². The Kier molecular flexibility index (Phi) is 5.08. The molecule has 1 saturated heterocycles. The Labute approximate surface area is 170 Å². The van der Waals surface area contributed by atoms with Crippen LogP contribution in [-0.2, 0) is 14.2 Å². The van der Waals surface area contributed by atoms with Crippen LogP contribution in [0.15, 0.2) is 59.3 Å². The number of hydrogen-bond acceptors (Lipinski definition) is 10. The number of fused-ring (bicyclic) bond motifs is 1. The van der Waals surface area contributed by atoms with E-state index in [0.717, 1.165) is 6.08 Å². The summed E-state index contributed by atoms with van der Waals surface area (Å²) in [6.07, 6.45) is -2.75. The highest BCUT2D eigenvalue weighted by Crippen LogP contribution is 2.39. The molecule has 30 heavy (non-hydrogen) atoms. The van der Waals surface area contributed by atoms with Gasteiger partial charge in [-0.15, -0.1) is 0 Å². The molecule has 3 aliphatic rings. The molecule has 0 aromatic heterocycles. The van der Waals surface area contributed by atoms with E-state index in [1.54, 1.807) is 0 Å². The minimum atomic E-state index is -1.58. The van der Waals surface area contributed by atoms with Gasteiger partial charge in [0.05, 0.1) is 6.61 Å². The molecule has 2 aliphatic heterocycles. The maximum Gasteiger partial charge on any atom is 0.229 e. The van der Waals surface area contributed by atoms with Gasteiger partial charge in [0.25, 0.3) is 0 Å². The lowest BCUT2D eigenvalue weighted by atomic mass is 9.97. The fourth-order valence-electron chi connectivity index (χ4n) is 3.28. The van der Waals surface area contributed by atoms with Gasteiger partial charge < -0.3 is 50.0 Å². The highest BCUT2D eigenvalue weighted by molar-refractivity contribution is 5.70. The summed E-state index contributed by atoms with van der Waals surface area (Å²) in [5.41, 5.74) is 0.531. The molecular weight excluding hydrogens is 400 g/mol. The molecule has 0 bridgehead atoms. The number of rotatable bonds is 3. The van der Waals surface area contributed by atoms with Crippen molar-refractivity contribution in [2.75, 3.05) is 6.61 Å². The molecule has 1 aromatic rings. The smallest absolute Gasteiger partial charge is 0.229 e. The second-order valence-corrected chi connectivity index (χ2v) is 7.02. The molecule has 10 nitrogen and oxygen atoms in total. The van der Waals surface area contributed by atoms with Crippen LogP contribution in [0.5, 0.6) is 11.5 Å². The summed E-state index contributed by atoms with van der Waals surface area (Å²) in [5, 5.41) is 69.0. The standard InChI is InChI=1S/C20H20O10/c21-9-4-12(23)10-6-16(30-20-18(27)17(26)14(25)7-28-20)19(29-15(10)5-9)8-1-2-11(22)13(24)3-8/h1-6,14-15,17-18,20-27H,7H2. The van der Waals surface area contributed by atoms with Crippen molar-refractivity contribution in [3.05, 3.63) is 64.8 Å². The maximum atomic E-state index is 10.2. The van der Waals surface area contributed by atoms with Crippen molar-refractivity contribution < 1.29 is 50.0 Å². The summed E-state index contributed by atoms with van der Waals surface area (Å²) in [6.45, 7) is -0.284. The fraction of sp³-hybridized carbons (Fsp3) is 0.300. The van der Waals surface area contributed by atoms with E-state index < -0.39 is 36.5 Å². The fourth-order valence-corrected chi connectivity index (χ4v) is 3.28. The van der Waals surface area contributed by atoms with Crippen LogP contribution in [0.3, 0.4) is 0 Å². The molecule has 0 spiro atoms. The average Bonchev–Trinajstić information content (AvgIpc) is 2.70. The van der Waals surface area contributed by atoms with Gasteiger partial charge in [0, 0.05) is 23.3 Å². The zero-order chi connectivity index (χ0) is 21.6. The van der Waals surface area contributed by atoms with E-state index in [9.17, 15) is 35.7 Å². The van der Waals surface area contributed by atoms with Crippen molar-refractivity contribution in [2.24, 2.45) is 0 Å². The molecule has 0 saturated carbocycles. The number of phenols is 2. The van der Waals surface area contributed by atoms with Gasteiger partial charge in [-0.2, -0.15) is 0 Å². The number of allylic oxidation sites excluding steroid dienone is 2. The van der Waals surface area contributed by atoms with E-state index in [1.165, 1.54) is 30.4 Å². The first kappa shape index (κ1) is 20.1. The normalized spacial score (nSPS) is 31.2. The summed E-state index contributed by atoms with van der Waals surface area (Å²) < 4.78 is 16.8. The van der Waals surface area contributed by atoms with Gasteiger partial charge in [-0.25, -0.2) is 0 Å². The van der Waals surface area contributed by atoms with Gasteiger partial charge in [-0.3, -0.25) is 0 Å². The van der Waals surface area contributed by atoms with Crippen LogP contribution < -0.4 is 0 Å². The van der Waals surface area contributed by atoms with Gasteiger partial charge in [0.2, 0.25) is 6.29 Å². The lowest BCUT2D eigenvalue weighted by molar-refractivity contribution is -0.257. The van der Waals surface area contributed by atoms with E-state index in [-0.39, 0.29) is 46.5 Å². The number of aromatic hydroxyl groups is 2. The summed E-state index contributed by atoms with van der Waals surface area (Å²) in [7, 11) is 0. The van der Waals surface area contributed by atoms with Crippen LogP contribution in [0.4, 0.5) is 0 Å². The van der Waals surface area contributed by atoms with Crippen LogP contribution in [0, 0.1) is 0 Å². The molecule has 7 N–H and O–H groups in total. The van der Waals surface area contributed by atoms with Gasteiger partial charge in [0.15, 0.2) is 23.0 Å². The van der Waals surface area contributed by atoms with E-state index in [4.69, 9.17) is 14.2 Å². The van der Waals surface area contributed by atoms with Crippen LogP contribution in [0.25, 0.3) is 5.76 Å². The van der Waals surface area contributed by atoms with Gasteiger partial charge in [-0.1, -0.05) is 0 Å². The van der Waals surface area contributed by atoms with Gasteiger partial charge >= 0.3 is 0 Å². The Morgan fingerprint density at radius 3 is 2.43 bits per heavy atom. The number of ether oxygens (including phenoxy) is 3. The van der Waals surface area contributed by atoms with Crippen molar-refractivity contribution in [3.63, 3.8) is 0 Å². The van der Waals surface area contributed by atoms with Crippen molar-refractivity contribution in [2.45, 2.75) is 30.7 Å². The van der Waals surface area contributed by atoms with E-state index in [1.807, 2.05) is 0 Å². The Morgan fingerprint density at radius 2 is 1.70 bits per heavy atom. The molecule has 0 radical (unpaired) electrons. The summed E-state index contributed by atoms with van der Waals surface area (Å²) in [6, 6.07) is 3.88. The summed E-state index contributed by atoms with van der Waals surface area (Å²) in [5.74, 6) is -1.23. The lowest BCUT2D eigenvalue weighted by Gasteiger charge is -2.36. The quantitative estimate of drug-likeness (QED) is 0.341. The van der Waals surface area contributed by atoms with Crippen LogP contribution in [0.2, 0.25) is 0 Å². The van der Waals surface area contributed by atoms with Crippen molar-refractivity contribution >= 4 is 5.76 Å². The third-order valence-corrected chi connectivity index (χ3v) is 4.90. The molecule has 2 heterocycles. The maximum absolute atomic E-state index is 10.2. The van der Waals surface area contributed by atoms with Gasteiger partial charge in [-0.05, 0) is 24.3 Å².